The topological polar surface area (TPSA) is 66.2 Å². The van der Waals surface area contributed by atoms with Gasteiger partial charge in [0.2, 0.25) is 0 Å². The number of aliphatic hydroxyl groups excluding tert-OH is 2. The summed E-state index contributed by atoms with van der Waals surface area (Å²) in [6, 6.07) is 3.46. The van der Waals surface area contributed by atoms with Crippen LogP contribution in [0.15, 0.2) is 12.1 Å². The first-order valence-corrected chi connectivity index (χ1v) is 5.60. The van der Waals surface area contributed by atoms with Gasteiger partial charge in [0, 0.05) is 11.5 Å². The lowest BCUT2D eigenvalue weighted by Gasteiger charge is -2.05. The second-order valence-corrected chi connectivity index (χ2v) is 4.12. The van der Waals surface area contributed by atoms with E-state index in [4.69, 9.17) is 21.8 Å². The minimum atomic E-state index is -0.666. The Bertz CT molecular complexity index is 271. The maximum absolute atomic E-state index is 9.05. The van der Waals surface area contributed by atoms with Crippen LogP contribution >= 0.6 is 23.4 Å². The first-order valence-electron chi connectivity index (χ1n) is 4.07. The van der Waals surface area contributed by atoms with Gasteiger partial charge in [0.25, 0.3) is 0 Å². The molecule has 0 aliphatic carbocycles. The van der Waals surface area contributed by atoms with Crippen LogP contribution in [0, 0.1) is 0 Å². The first kappa shape index (κ1) is 11.7. The Morgan fingerprint density at radius 2 is 2.21 bits per heavy atom. The molecule has 0 radical (unpaired) electrons. The van der Waals surface area contributed by atoms with E-state index in [-0.39, 0.29) is 6.61 Å². The molecule has 0 fully saturated rings. The minimum absolute atomic E-state index is 0.209. The van der Waals surface area contributed by atoms with Crippen LogP contribution in [-0.2, 0) is 5.75 Å². The number of rotatable bonds is 5. The number of halogens is 1. The summed E-state index contributed by atoms with van der Waals surface area (Å²) in [7, 11) is 0. The molecule has 1 aromatic heterocycles. The van der Waals surface area contributed by atoms with Crippen molar-refractivity contribution in [3.8, 4) is 0 Å². The minimum Gasteiger partial charge on any atom is -0.394 e. The molecule has 1 atom stereocenters. The van der Waals surface area contributed by atoms with E-state index in [1.165, 1.54) is 11.8 Å². The zero-order valence-electron chi connectivity index (χ0n) is 7.43. The third-order valence-electron chi connectivity index (χ3n) is 1.46. The van der Waals surface area contributed by atoms with Crippen molar-refractivity contribution in [3.63, 3.8) is 0 Å². The molecule has 0 spiro atoms. The van der Waals surface area contributed by atoms with Gasteiger partial charge in [0.15, 0.2) is 5.15 Å². The van der Waals surface area contributed by atoms with Gasteiger partial charge in [-0.1, -0.05) is 11.6 Å². The molecule has 0 aromatic carbocycles. The zero-order valence-corrected chi connectivity index (χ0v) is 9.00. The van der Waals surface area contributed by atoms with Crippen LogP contribution < -0.4 is 0 Å². The van der Waals surface area contributed by atoms with E-state index < -0.39 is 6.10 Å². The maximum atomic E-state index is 9.05. The Balaban J connectivity index is 2.28. The van der Waals surface area contributed by atoms with E-state index in [0.29, 0.717) is 16.7 Å². The molecular formula is C8H11ClN2O2S. The highest BCUT2D eigenvalue weighted by molar-refractivity contribution is 7.98. The third-order valence-corrected chi connectivity index (χ3v) is 2.78. The highest BCUT2D eigenvalue weighted by Crippen LogP contribution is 2.11. The predicted octanol–water partition coefficient (Wildman–Crippen LogP) is 0.716. The van der Waals surface area contributed by atoms with E-state index in [1.54, 1.807) is 12.1 Å². The second kappa shape index (κ2) is 6.19. The standard InChI is InChI=1S/C8H11ClN2O2S/c9-8-2-1-6(10-11-8)4-14-5-7(13)3-12/h1-2,7,12-13H,3-5H2. The Morgan fingerprint density at radius 3 is 2.79 bits per heavy atom. The van der Waals surface area contributed by atoms with Crippen LogP contribution in [0.2, 0.25) is 5.15 Å². The van der Waals surface area contributed by atoms with Crippen LogP contribution in [0.25, 0.3) is 0 Å². The van der Waals surface area contributed by atoms with Gasteiger partial charge >= 0.3 is 0 Å². The van der Waals surface area contributed by atoms with Crippen LogP contribution in [0.3, 0.4) is 0 Å². The predicted molar refractivity (Wildman–Crippen MR) is 56.3 cm³/mol. The fourth-order valence-electron chi connectivity index (χ4n) is 0.773. The smallest absolute Gasteiger partial charge is 0.151 e. The van der Waals surface area contributed by atoms with Gasteiger partial charge in [-0.25, -0.2) is 0 Å². The van der Waals surface area contributed by atoms with Crippen LogP contribution in [0.1, 0.15) is 5.69 Å². The number of aromatic nitrogens is 2. The average molecular weight is 235 g/mol. The summed E-state index contributed by atoms with van der Waals surface area (Å²) in [5.41, 5.74) is 0.810. The van der Waals surface area contributed by atoms with Crippen molar-refractivity contribution < 1.29 is 10.2 Å². The average Bonchev–Trinajstić information content (AvgIpc) is 2.21. The monoisotopic (exact) mass is 234 g/mol. The van der Waals surface area contributed by atoms with E-state index in [2.05, 4.69) is 10.2 Å². The Hall–Kier alpha value is -0.360. The molecule has 0 aliphatic heterocycles. The lowest BCUT2D eigenvalue weighted by atomic mass is 10.4. The van der Waals surface area contributed by atoms with Gasteiger partial charge in [-0.15, -0.1) is 5.10 Å². The molecule has 0 amide bonds. The molecule has 6 heteroatoms. The van der Waals surface area contributed by atoms with Crippen LogP contribution in [0.5, 0.6) is 0 Å². The highest BCUT2D eigenvalue weighted by Gasteiger charge is 2.02. The van der Waals surface area contributed by atoms with Gasteiger partial charge in [0.1, 0.15) is 0 Å². The highest BCUT2D eigenvalue weighted by atomic mass is 35.5. The Morgan fingerprint density at radius 1 is 1.43 bits per heavy atom. The third kappa shape index (κ3) is 4.23. The molecule has 14 heavy (non-hydrogen) atoms. The number of hydrogen-bond donors (Lipinski definition) is 2. The van der Waals surface area contributed by atoms with Gasteiger partial charge < -0.3 is 10.2 Å². The molecule has 1 heterocycles. The molecule has 0 saturated heterocycles. The van der Waals surface area contributed by atoms with Crippen LogP contribution in [0.4, 0.5) is 0 Å². The first-order chi connectivity index (χ1) is 6.72. The summed E-state index contributed by atoms with van der Waals surface area (Å²) in [6.07, 6.45) is -0.666. The fourth-order valence-corrected chi connectivity index (χ4v) is 1.73. The lowest BCUT2D eigenvalue weighted by Crippen LogP contribution is -2.14. The molecule has 0 bridgehead atoms. The zero-order chi connectivity index (χ0) is 10.4. The summed E-state index contributed by atoms with van der Waals surface area (Å²) in [5.74, 6) is 1.14. The largest absolute Gasteiger partial charge is 0.394 e. The summed E-state index contributed by atoms with van der Waals surface area (Å²) in [6.45, 7) is -0.209. The molecule has 78 valence electrons. The Kier molecular flexibility index (Phi) is 5.17. The molecular weight excluding hydrogens is 224 g/mol. The number of aliphatic hydroxyl groups is 2. The lowest BCUT2D eigenvalue weighted by molar-refractivity contribution is 0.113. The van der Waals surface area contributed by atoms with Crippen LogP contribution in [-0.4, -0.2) is 38.9 Å². The SMILES string of the molecule is OCC(O)CSCc1ccc(Cl)nn1. The Labute approximate surface area is 91.3 Å². The number of nitrogens with zero attached hydrogens (tertiary/aromatic N) is 2. The van der Waals surface area contributed by atoms with Crippen molar-refractivity contribution in [2.24, 2.45) is 0 Å². The summed E-state index contributed by atoms with van der Waals surface area (Å²) < 4.78 is 0. The van der Waals surface area contributed by atoms with Gasteiger partial charge in [-0.05, 0) is 12.1 Å². The van der Waals surface area contributed by atoms with Crippen molar-refractivity contribution in [2.75, 3.05) is 12.4 Å². The van der Waals surface area contributed by atoms with Gasteiger partial charge in [0.05, 0.1) is 18.4 Å². The van der Waals surface area contributed by atoms with E-state index in [1.807, 2.05) is 0 Å². The summed E-state index contributed by atoms with van der Waals surface area (Å²) >= 11 is 7.05. The number of thioether (sulfide) groups is 1. The quantitative estimate of drug-likeness (QED) is 0.786. The van der Waals surface area contributed by atoms with E-state index in [0.717, 1.165) is 5.69 Å². The molecule has 1 rings (SSSR count). The van der Waals surface area contributed by atoms with Crippen molar-refractivity contribution in [1.29, 1.82) is 0 Å². The molecule has 1 unspecified atom stereocenters. The van der Waals surface area contributed by atoms with Gasteiger partial charge in [-0.2, -0.15) is 16.9 Å². The summed E-state index contributed by atoms with van der Waals surface area (Å²) in [5, 5.41) is 25.5. The van der Waals surface area contributed by atoms with Crippen molar-refractivity contribution in [3.05, 3.63) is 23.0 Å². The fraction of sp³-hybridized carbons (Fsp3) is 0.500. The van der Waals surface area contributed by atoms with Crippen molar-refractivity contribution in [2.45, 2.75) is 11.9 Å². The molecule has 0 aliphatic rings. The second-order valence-electron chi connectivity index (χ2n) is 2.70. The molecule has 1 aromatic rings. The van der Waals surface area contributed by atoms with E-state index in [9.17, 15) is 0 Å². The maximum Gasteiger partial charge on any atom is 0.151 e. The normalized spacial score (nSPS) is 12.8. The molecule has 4 nitrogen and oxygen atoms in total. The van der Waals surface area contributed by atoms with Crippen molar-refractivity contribution >= 4 is 23.4 Å². The van der Waals surface area contributed by atoms with E-state index >= 15 is 0 Å². The van der Waals surface area contributed by atoms with Crippen molar-refractivity contribution in [1.82, 2.24) is 10.2 Å². The van der Waals surface area contributed by atoms with Gasteiger partial charge in [-0.3, -0.25) is 0 Å². The number of hydrogen-bond acceptors (Lipinski definition) is 5. The summed E-state index contributed by atoms with van der Waals surface area (Å²) in [4.78, 5) is 0. The molecule has 2 N–H and O–H groups in total. The molecule has 0 saturated carbocycles.